The number of hydrogen-bond acceptors (Lipinski definition) is 3. The van der Waals surface area contributed by atoms with Gasteiger partial charge < -0.3 is 14.0 Å². The smallest absolute Gasteiger partial charge is 0.483 e. The molecule has 1 aromatic carbocycles. The van der Waals surface area contributed by atoms with Crippen molar-refractivity contribution in [3.63, 3.8) is 0 Å². The van der Waals surface area contributed by atoms with E-state index in [1.165, 1.54) is 5.56 Å². The minimum Gasteiger partial charge on any atom is -0.483 e. The Bertz CT molecular complexity index is 628. The second-order valence-corrected chi connectivity index (χ2v) is 7.89. The average molecular weight is 300 g/mol. The second-order valence-electron chi connectivity index (χ2n) is 7.89. The van der Waals surface area contributed by atoms with Crippen LogP contribution in [0.2, 0.25) is 0 Å². The third-order valence-corrected chi connectivity index (χ3v) is 4.83. The van der Waals surface area contributed by atoms with Crippen molar-refractivity contribution >= 4 is 12.6 Å². The quantitative estimate of drug-likeness (QED) is 0.728. The second kappa shape index (κ2) is 4.62. The van der Waals surface area contributed by atoms with E-state index in [9.17, 15) is 0 Å². The number of hydrogen-bond donors (Lipinski definition) is 0. The van der Waals surface area contributed by atoms with Crippen molar-refractivity contribution in [1.29, 1.82) is 0 Å². The molecule has 0 spiro atoms. The van der Waals surface area contributed by atoms with Gasteiger partial charge in [0.05, 0.1) is 11.2 Å². The van der Waals surface area contributed by atoms with Gasteiger partial charge in [-0.2, -0.15) is 0 Å². The van der Waals surface area contributed by atoms with Gasteiger partial charge in [0.25, 0.3) is 0 Å². The highest BCUT2D eigenvalue weighted by molar-refractivity contribution is 6.69. The molecule has 0 radical (unpaired) electrons. The van der Waals surface area contributed by atoms with E-state index >= 15 is 0 Å². The van der Waals surface area contributed by atoms with Crippen LogP contribution in [-0.4, -0.2) is 23.9 Å². The standard InChI is InChI=1S/C18H25BO3/c1-12-8-9-15-13(10-12)14(11-16(2,3)20-15)19-21-17(4,5)18(6,7)22-19/h8-11H,1-7H3. The molecule has 0 amide bonds. The molecule has 1 fully saturated rings. The molecule has 0 aliphatic carbocycles. The lowest BCUT2D eigenvalue weighted by atomic mass is 9.70. The van der Waals surface area contributed by atoms with Crippen LogP contribution >= 0.6 is 0 Å². The molecule has 22 heavy (non-hydrogen) atoms. The fourth-order valence-electron chi connectivity index (χ4n) is 2.89. The zero-order valence-corrected chi connectivity index (χ0v) is 14.6. The van der Waals surface area contributed by atoms with E-state index in [-0.39, 0.29) is 23.9 Å². The maximum absolute atomic E-state index is 6.25. The van der Waals surface area contributed by atoms with Gasteiger partial charge in [-0.3, -0.25) is 0 Å². The molecule has 3 nitrogen and oxygen atoms in total. The summed E-state index contributed by atoms with van der Waals surface area (Å²) >= 11 is 0. The minimum absolute atomic E-state index is 0.342. The Hall–Kier alpha value is -1.26. The SMILES string of the molecule is Cc1ccc2c(c1)C(B1OC(C)(C)C(C)(C)O1)=CC(C)(C)O2. The van der Waals surface area contributed by atoms with E-state index in [4.69, 9.17) is 14.0 Å². The molecule has 0 bridgehead atoms. The first-order chi connectivity index (χ1) is 10.0. The number of ether oxygens (including phenoxy) is 1. The normalized spacial score (nSPS) is 24.5. The van der Waals surface area contributed by atoms with Crippen LogP contribution in [0.1, 0.15) is 52.7 Å². The summed E-state index contributed by atoms with van der Waals surface area (Å²) in [5.41, 5.74) is 2.27. The molecule has 0 atom stereocenters. The van der Waals surface area contributed by atoms with Crippen LogP contribution in [0.3, 0.4) is 0 Å². The molecular weight excluding hydrogens is 275 g/mol. The third-order valence-electron chi connectivity index (χ3n) is 4.83. The maximum atomic E-state index is 6.25. The number of aryl methyl sites for hydroxylation is 1. The molecule has 2 aliphatic rings. The Balaban J connectivity index is 2.06. The Morgan fingerprint density at radius 1 is 0.909 bits per heavy atom. The molecule has 0 saturated carbocycles. The summed E-state index contributed by atoms with van der Waals surface area (Å²) in [7, 11) is -0.367. The van der Waals surface area contributed by atoms with Gasteiger partial charge in [-0.1, -0.05) is 11.6 Å². The van der Waals surface area contributed by atoms with E-state index < -0.39 is 0 Å². The summed E-state index contributed by atoms with van der Waals surface area (Å²) < 4.78 is 18.6. The lowest BCUT2D eigenvalue weighted by Crippen LogP contribution is -2.41. The first kappa shape index (κ1) is 15.6. The predicted molar refractivity (Wildman–Crippen MR) is 89.9 cm³/mol. The topological polar surface area (TPSA) is 27.7 Å². The Kier molecular flexibility index (Phi) is 3.28. The molecule has 0 N–H and O–H groups in total. The summed E-state index contributed by atoms with van der Waals surface area (Å²) in [5, 5.41) is 0. The monoisotopic (exact) mass is 300 g/mol. The summed E-state index contributed by atoms with van der Waals surface area (Å²) in [4.78, 5) is 0. The van der Waals surface area contributed by atoms with Crippen molar-refractivity contribution in [1.82, 2.24) is 0 Å². The van der Waals surface area contributed by atoms with Crippen molar-refractivity contribution < 1.29 is 14.0 Å². The molecule has 1 aromatic rings. The zero-order valence-electron chi connectivity index (χ0n) is 14.6. The zero-order chi connectivity index (χ0) is 16.3. The fraction of sp³-hybridized carbons (Fsp3) is 0.556. The molecule has 118 valence electrons. The molecule has 0 aromatic heterocycles. The summed E-state index contributed by atoms with van der Waals surface area (Å²) in [6, 6.07) is 6.24. The van der Waals surface area contributed by atoms with Gasteiger partial charge in [0, 0.05) is 5.56 Å². The first-order valence-electron chi connectivity index (χ1n) is 7.89. The van der Waals surface area contributed by atoms with Crippen molar-refractivity contribution in [2.45, 2.75) is 65.3 Å². The van der Waals surface area contributed by atoms with Crippen LogP contribution in [0, 0.1) is 6.92 Å². The van der Waals surface area contributed by atoms with Gasteiger partial charge in [-0.25, -0.2) is 0 Å². The molecule has 3 rings (SSSR count). The van der Waals surface area contributed by atoms with Crippen LogP contribution in [0.15, 0.2) is 24.3 Å². The first-order valence-corrected chi connectivity index (χ1v) is 7.89. The highest BCUT2D eigenvalue weighted by Gasteiger charge is 2.53. The van der Waals surface area contributed by atoms with Crippen molar-refractivity contribution in [2.24, 2.45) is 0 Å². The Labute approximate surface area is 133 Å². The van der Waals surface area contributed by atoms with Gasteiger partial charge in [0.2, 0.25) is 0 Å². The van der Waals surface area contributed by atoms with E-state index in [0.717, 1.165) is 16.8 Å². The van der Waals surface area contributed by atoms with Crippen LogP contribution < -0.4 is 4.74 Å². The molecule has 2 heterocycles. The lowest BCUT2D eigenvalue weighted by molar-refractivity contribution is 0.00578. The highest BCUT2D eigenvalue weighted by Crippen LogP contribution is 2.44. The molecule has 2 aliphatic heterocycles. The number of benzene rings is 1. The summed E-state index contributed by atoms with van der Waals surface area (Å²) in [6.45, 7) is 14.5. The van der Waals surface area contributed by atoms with Crippen LogP contribution in [0.4, 0.5) is 0 Å². The van der Waals surface area contributed by atoms with E-state index in [1.54, 1.807) is 0 Å². The van der Waals surface area contributed by atoms with E-state index in [0.29, 0.717) is 0 Å². The van der Waals surface area contributed by atoms with Gasteiger partial charge in [0.15, 0.2) is 0 Å². The van der Waals surface area contributed by atoms with Gasteiger partial charge in [-0.15, -0.1) is 0 Å². The van der Waals surface area contributed by atoms with Gasteiger partial charge >= 0.3 is 7.12 Å². The van der Waals surface area contributed by atoms with Crippen molar-refractivity contribution in [3.8, 4) is 5.75 Å². The Morgan fingerprint density at radius 3 is 2.09 bits per heavy atom. The maximum Gasteiger partial charge on any atom is 0.495 e. The van der Waals surface area contributed by atoms with Crippen molar-refractivity contribution in [3.05, 3.63) is 35.4 Å². The molecule has 0 unspecified atom stereocenters. The van der Waals surface area contributed by atoms with Crippen LogP contribution in [0.25, 0.3) is 5.47 Å². The number of rotatable bonds is 1. The Morgan fingerprint density at radius 2 is 1.50 bits per heavy atom. The summed E-state index contributed by atoms with van der Waals surface area (Å²) in [5.74, 6) is 0.891. The largest absolute Gasteiger partial charge is 0.495 e. The minimum atomic E-state index is -0.374. The van der Waals surface area contributed by atoms with Crippen LogP contribution in [0.5, 0.6) is 5.75 Å². The summed E-state index contributed by atoms with van der Waals surface area (Å²) in [6.07, 6.45) is 2.12. The predicted octanol–water partition coefficient (Wildman–Crippen LogP) is 4.18. The highest BCUT2D eigenvalue weighted by atomic mass is 16.7. The van der Waals surface area contributed by atoms with Crippen molar-refractivity contribution in [2.75, 3.05) is 0 Å². The molecule has 1 saturated heterocycles. The van der Waals surface area contributed by atoms with Gasteiger partial charge in [0.1, 0.15) is 11.4 Å². The molecular formula is C18H25BO3. The number of fused-ring (bicyclic) bond motifs is 1. The molecule has 4 heteroatoms. The van der Waals surface area contributed by atoms with E-state index in [1.807, 2.05) is 6.07 Å². The van der Waals surface area contributed by atoms with E-state index in [2.05, 4.69) is 66.7 Å². The van der Waals surface area contributed by atoms with Gasteiger partial charge in [-0.05, 0) is 72.1 Å². The van der Waals surface area contributed by atoms with Crippen LogP contribution in [-0.2, 0) is 9.31 Å². The fourth-order valence-corrected chi connectivity index (χ4v) is 2.89. The average Bonchev–Trinajstić information content (AvgIpc) is 2.57. The third kappa shape index (κ3) is 2.48. The lowest BCUT2D eigenvalue weighted by Gasteiger charge is -2.32.